The number of amides is 2. The number of carbonyl (C=O) groups excluding carboxylic acids is 2. The van der Waals surface area contributed by atoms with Crippen molar-refractivity contribution in [3.63, 3.8) is 0 Å². The van der Waals surface area contributed by atoms with Gasteiger partial charge < -0.3 is 22.1 Å². The summed E-state index contributed by atoms with van der Waals surface area (Å²) in [6, 6.07) is 12.8. The second-order valence-electron chi connectivity index (χ2n) is 5.26. The highest BCUT2D eigenvalue weighted by molar-refractivity contribution is 6.08. The van der Waals surface area contributed by atoms with E-state index >= 15 is 0 Å². The van der Waals surface area contributed by atoms with Gasteiger partial charge in [0.1, 0.15) is 18.1 Å². The van der Waals surface area contributed by atoms with E-state index in [2.05, 4.69) is 10.6 Å². The van der Waals surface area contributed by atoms with Gasteiger partial charge in [-0.25, -0.2) is 0 Å². The fourth-order valence-corrected chi connectivity index (χ4v) is 2.02. The number of hydrogen-bond donors (Lipinski definition) is 6. The molecule has 8 N–H and O–H groups in total. The Kier molecular flexibility index (Phi) is 5.47. The summed E-state index contributed by atoms with van der Waals surface area (Å²) in [5, 5.41) is 19.8. The van der Waals surface area contributed by atoms with Crippen LogP contribution in [0.5, 0.6) is 0 Å². The van der Waals surface area contributed by atoms with Crippen molar-refractivity contribution in [2.24, 2.45) is 11.5 Å². The highest BCUT2D eigenvalue weighted by Crippen LogP contribution is 2.11. The van der Waals surface area contributed by atoms with Crippen molar-refractivity contribution < 1.29 is 9.59 Å². The Balaban J connectivity index is 1.88. The molecule has 2 amide bonds. The van der Waals surface area contributed by atoms with Crippen LogP contribution >= 0.6 is 0 Å². The lowest BCUT2D eigenvalue weighted by Crippen LogP contribution is -2.21. The number of amidine groups is 2. The van der Waals surface area contributed by atoms with Crippen LogP contribution in [-0.4, -0.2) is 23.5 Å². The zero-order valence-corrected chi connectivity index (χ0v) is 13.3. The lowest BCUT2D eigenvalue weighted by atomic mass is 10.2. The van der Waals surface area contributed by atoms with Gasteiger partial charge in [0.2, 0.25) is 11.8 Å². The molecule has 8 nitrogen and oxygen atoms in total. The summed E-state index contributed by atoms with van der Waals surface area (Å²) in [6.07, 6.45) is -0.344. The van der Waals surface area contributed by atoms with Crippen molar-refractivity contribution in [1.29, 1.82) is 10.8 Å². The van der Waals surface area contributed by atoms with E-state index in [0.717, 1.165) is 0 Å². The highest BCUT2D eigenvalue weighted by Gasteiger charge is 2.10. The van der Waals surface area contributed by atoms with Gasteiger partial charge in [-0.1, -0.05) is 0 Å². The molecule has 0 spiro atoms. The predicted molar refractivity (Wildman–Crippen MR) is 96.8 cm³/mol. The summed E-state index contributed by atoms with van der Waals surface area (Å²) in [6.45, 7) is 0. The number of nitrogen functional groups attached to an aromatic ring is 2. The van der Waals surface area contributed by atoms with E-state index in [4.69, 9.17) is 22.3 Å². The number of anilines is 2. The number of carbonyl (C=O) groups is 2. The minimum atomic E-state index is -0.464. The van der Waals surface area contributed by atoms with E-state index in [0.29, 0.717) is 22.5 Å². The van der Waals surface area contributed by atoms with Gasteiger partial charge in [-0.3, -0.25) is 20.4 Å². The van der Waals surface area contributed by atoms with Gasteiger partial charge in [0, 0.05) is 22.5 Å². The van der Waals surface area contributed by atoms with E-state index in [-0.39, 0.29) is 18.1 Å². The van der Waals surface area contributed by atoms with Crippen molar-refractivity contribution in [2.45, 2.75) is 6.42 Å². The highest BCUT2D eigenvalue weighted by atomic mass is 16.2. The first-order chi connectivity index (χ1) is 11.8. The lowest BCUT2D eigenvalue weighted by molar-refractivity contribution is -0.123. The third kappa shape index (κ3) is 5.17. The average molecular weight is 338 g/mol. The van der Waals surface area contributed by atoms with Gasteiger partial charge >= 0.3 is 0 Å². The Morgan fingerprint density at radius 2 is 1.04 bits per heavy atom. The topological polar surface area (TPSA) is 158 Å². The molecule has 0 heterocycles. The van der Waals surface area contributed by atoms with Gasteiger partial charge in [-0.15, -0.1) is 0 Å². The number of rotatable bonds is 6. The number of nitrogens with two attached hydrogens (primary N) is 2. The normalized spacial score (nSPS) is 9.92. The van der Waals surface area contributed by atoms with Crippen LogP contribution in [0, 0.1) is 10.8 Å². The van der Waals surface area contributed by atoms with Gasteiger partial charge in [0.05, 0.1) is 0 Å². The van der Waals surface area contributed by atoms with Crippen LogP contribution in [0.1, 0.15) is 17.5 Å². The van der Waals surface area contributed by atoms with Crippen LogP contribution in [0.25, 0.3) is 0 Å². The second kappa shape index (κ2) is 7.73. The number of nitrogens with one attached hydrogen (secondary N) is 4. The minimum Gasteiger partial charge on any atom is -0.384 e. The maximum absolute atomic E-state index is 11.9. The van der Waals surface area contributed by atoms with Crippen molar-refractivity contribution in [3.8, 4) is 0 Å². The van der Waals surface area contributed by atoms with Crippen LogP contribution in [0.2, 0.25) is 0 Å². The second-order valence-corrected chi connectivity index (χ2v) is 5.26. The maximum atomic E-state index is 11.9. The molecular formula is C17H18N6O2. The zero-order chi connectivity index (χ0) is 18.4. The first kappa shape index (κ1) is 17.7. The van der Waals surface area contributed by atoms with Crippen molar-refractivity contribution >= 4 is 34.9 Å². The summed E-state index contributed by atoms with van der Waals surface area (Å²) in [4.78, 5) is 23.8. The van der Waals surface area contributed by atoms with E-state index in [1.807, 2.05) is 0 Å². The van der Waals surface area contributed by atoms with E-state index < -0.39 is 11.8 Å². The van der Waals surface area contributed by atoms with E-state index in [9.17, 15) is 9.59 Å². The molecule has 128 valence electrons. The summed E-state index contributed by atoms with van der Waals surface area (Å²) >= 11 is 0. The molecule has 0 unspecified atom stereocenters. The molecule has 0 saturated heterocycles. The summed E-state index contributed by atoms with van der Waals surface area (Å²) in [5.41, 5.74) is 12.8. The zero-order valence-electron chi connectivity index (χ0n) is 13.3. The van der Waals surface area contributed by atoms with Crippen molar-refractivity contribution in [2.75, 3.05) is 10.6 Å². The number of benzene rings is 2. The third-order valence-electron chi connectivity index (χ3n) is 3.28. The van der Waals surface area contributed by atoms with E-state index in [1.165, 1.54) is 0 Å². The van der Waals surface area contributed by atoms with Gasteiger partial charge in [-0.2, -0.15) is 0 Å². The minimum absolute atomic E-state index is 0.0620. The molecule has 0 saturated carbocycles. The fourth-order valence-electron chi connectivity index (χ4n) is 2.02. The Morgan fingerprint density at radius 1 is 0.720 bits per heavy atom. The molecule has 2 aromatic rings. The van der Waals surface area contributed by atoms with Crippen LogP contribution in [0.3, 0.4) is 0 Å². The molecule has 0 aliphatic heterocycles. The van der Waals surface area contributed by atoms with Crippen LogP contribution < -0.4 is 22.1 Å². The molecule has 25 heavy (non-hydrogen) atoms. The quantitative estimate of drug-likeness (QED) is 0.266. The van der Waals surface area contributed by atoms with E-state index in [1.54, 1.807) is 48.5 Å². The molecular weight excluding hydrogens is 320 g/mol. The van der Waals surface area contributed by atoms with Crippen LogP contribution in [0.4, 0.5) is 11.4 Å². The largest absolute Gasteiger partial charge is 0.384 e. The lowest BCUT2D eigenvalue weighted by Gasteiger charge is -2.08. The Hall–Kier alpha value is -3.68. The monoisotopic (exact) mass is 338 g/mol. The van der Waals surface area contributed by atoms with Crippen molar-refractivity contribution in [1.82, 2.24) is 0 Å². The summed E-state index contributed by atoms with van der Waals surface area (Å²) < 4.78 is 0. The molecule has 0 aliphatic rings. The molecule has 8 heteroatoms. The number of hydrogen-bond acceptors (Lipinski definition) is 4. The smallest absolute Gasteiger partial charge is 0.233 e. The first-order valence-corrected chi connectivity index (χ1v) is 7.34. The first-order valence-electron chi connectivity index (χ1n) is 7.34. The molecule has 0 bridgehead atoms. The summed E-state index contributed by atoms with van der Waals surface area (Å²) in [5.74, 6) is -1.05. The standard InChI is InChI=1S/C17H18N6O2/c18-16(19)10-1-5-12(6-2-10)22-14(24)9-15(25)23-13-7-3-11(4-8-13)17(20)21/h1-8H,9H2,(H3,18,19)(H3,20,21)(H,22,24)(H,23,25). The van der Waals surface area contributed by atoms with Gasteiger partial charge in [0.15, 0.2) is 0 Å². The fraction of sp³-hybridized carbons (Fsp3) is 0.0588. The SMILES string of the molecule is N=C(N)c1ccc(NC(=O)CC(=O)Nc2ccc(C(=N)N)cc2)cc1. The maximum Gasteiger partial charge on any atom is 0.233 e. The Morgan fingerprint density at radius 3 is 1.32 bits per heavy atom. The Labute approximate surface area is 144 Å². The van der Waals surface area contributed by atoms with Gasteiger partial charge in [0.25, 0.3) is 0 Å². The molecule has 0 fully saturated rings. The predicted octanol–water partition coefficient (Wildman–Crippen LogP) is 1.22. The van der Waals surface area contributed by atoms with Gasteiger partial charge in [-0.05, 0) is 48.5 Å². The molecule has 2 aromatic carbocycles. The van der Waals surface area contributed by atoms with Crippen LogP contribution in [-0.2, 0) is 9.59 Å². The molecule has 0 atom stereocenters. The van der Waals surface area contributed by atoms with Crippen molar-refractivity contribution in [3.05, 3.63) is 59.7 Å². The third-order valence-corrected chi connectivity index (χ3v) is 3.28. The molecule has 0 aromatic heterocycles. The van der Waals surface area contributed by atoms with Crippen LogP contribution in [0.15, 0.2) is 48.5 Å². The Bertz CT molecular complexity index is 743. The molecule has 2 rings (SSSR count). The average Bonchev–Trinajstić information content (AvgIpc) is 2.55. The molecule has 0 aliphatic carbocycles. The molecule has 0 radical (unpaired) electrons. The summed E-state index contributed by atoms with van der Waals surface area (Å²) in [7, 11) is 0.